The van der Waals surface area contributed by atoms with Crippen LogP contribution in [0.2, 0.25) is 0 Å². The summed E-state index contributed by atoms with van der Waals surface area (Å²) in [5.74, 6) is -0.649. The van der Waals surface area contributed by atoms with E-state index in [1.807, 2.05) is 0 Å². The third-order valence-electron chi connectivity index (χ3n) is 4.00. The normalized spacial score (nSPS) is 16.0. The molecular weight excluding hydrogens is 310 g/mol. The zero-order valence-corrected chi connectivity index (χ0v) is 13.7. The highest BCUT2D eigenvalue weighted by Gasteiger charge is 2.20. The van der Waals surface area contributed by atoms with Gasteiger partial charge in [0.1, 0.15) is 5.75 Å². The van der Waals surface area contributed by atoms with E-state index in [0.29, 0.717) is 11.3 Å². The average Bonchev–Trinajstić information content (AvgIpc) is 2.56. The molecule has 4 N–H and O–H groups in total. The molecule has 7 nitrogen and oxygen atoms in total. The number of hydrogen-bond donors (Lipinski definition) is 3. The standard InChI is InChI=1S/C17H23N3O4/c1-11(24-14-9-7-12(8-10-14)15(18)21)16(22)20-17(23)19-13-5-3-2-4-6-13/h7-11,13H,2-6H2,1H3,(H2,18,21)(H2,19,20,22,23)/t11-/m1/s1. The van der Waals surface area contributed by atoms with Crippen molar-refractivity contribution in [1.82, 2.24) is 10.6 Å². The Labute approximate surface area is 140 Å². The molecule has 1 fully saturated rings. The molecule has 0 spiro atoms. The van der Waals surface area contributed by atoms with Gasteiger partial charge in [-0.25, -0.2) is 4.79 Å². The minimum absolute atomic E-state index is 0.129. The van der Waals surface area contributed by atoms with Gasteiger partial charge in [-0.1, -0.05) is 19.3 Å². The fourth-order valence-corrected chi connectivity index (χ4v) is 2.64. The second-order valence-corrected chi connectivity index (χ2v) is 5.95. The molecule has 0 saturated heterocycles. The van der Waals surface area contributed by atoms with Crippen LogP contribution in [0.4, 0.5) is 4.79 Å². The molecule has 1 aromatic carbocycles. The molecule has 4 amide bonds. The molecule has 1 aliphatic rings. The number of urea groups is 1. The van der Waals surface area contributed by atoms with Gasteiger partial charge >= 0.3 is 6.03 Å². The molecule has 1 saturated carbocycles. The van der Waals surface area contributed by atoms with E-state index in [4.69, 9.17) is 10.5 Å². The average molecular weight is 333 g/mol. The third kappa shape index (κ3) is 5.26. The zero-order valence-electron chi connectivity index (χ0n) is 13.7. The molecule has 0 aromatic heterocycles. The van der Waals surface area contributed by atoms with E-state index in [1.165, 1.54) is 18.6 Å². The van der Waals surface area contributed by atoms with Crippen molar-refractivity contribution < 1.29 is 19.1 Å². The van der Waals surface area contributed by atoms with Gasteiger partial charge in [-0.3, -0.25) is 14.9 Å². The zero-order chi connectivity index (χ0) is 17.5. The number of imide groups is 1. The van der Waals surface area contributed by atoms with E-state index in [2.05, 4.69) is 10.6 Å². The van der Waals surface area contributed by atoms with Gasteiger partial charge in [-0.15, -0.1) is 0 Å². The first-order valence-corrected chi connectivity index (χ1v) is 8.13. The summed E-state index contributed by atoms with van der Waals surface area (Å²) in [6.07, 6.45) is 4.43. The van der Waals surface area contributed by atoms with Crippen LogP contribution in [0.15, 0.2) is 24.3 Å². The predicted molar refractivity (Wildman–Crippen MR) is 88.6 cm³/mol. The van der Waals surface area contributed by atoms with E-state index >= 15 is 0 Å². The van der Waals surface area contributed by atoms with E-state index in [0.717, 1.165) is 25.7 Å². The lowest BCUT2D eigenvalue weighted by Gasteiger charge is -2.23. The Bertz CT molecular complexity index is 594. The van der Waals surface area contributed by atoms with Crippen LogP contribution in [-0.2, 0) is 4.79 Å². The van der Waals surface area contributed by atoms with Gasteiger partial charge < -0.3 is 15.8 Å². The minimum Gasteiger partial charge on any atom is -0.481 e. The maximum Gasteiger partial charge on any atom is 0.321 e. The Morgan fingerprint density at radius 1 is 1.12 bits per heavy atom. The molecule has 1 atom stereocenters. The monoisotopic (exact) mass is 333 g/mol. The number of ether oxygens (including phenoxy) is 1. The highest BCUT2D eigenvalue weighted by Crippen LogP contribution is 2.17. The lowest BCUT2D eigenvalue weighted by Crippen LogP contribution is -2.48. The highest BCUT2D eigenvalue weighted by atomic mass is 16.5. The van der Waals surface area contributed by atoms with Crippen LogP contribution < -0.4 is 21.1 Å². The second kappa shape index (κ2) is 8.33. The van der Waals surface area contributed by atoms with Gasteiger partial charge in [0.05, 0.1) is 0 Å². The summed E-state index contributed by atoms with van der Waals surface area (Å²) in [7, 11) is 0. The summed E-state index contributed by atoms with van der Waals surface area (Å²) in [6.45, 7) is 1.55. The molecule has 1 aromatic rings. The van der Waals surface area contributed by atoms with Crippen LogP contribution in [0.3, 0.4) is 0 Å². The number of benzene rings is 1. The van der Waals surface area contributed by atoms with Crippen molar-refractivity contribution in [3.8, 4) is 5.75 Å². The van der Waals surface area contributed by atoms with Crippen LogP contribution in [0, 0.1) is 0 Å². The molecule has 130 valence electrons. The molecular formula is C17H23N3O4. The number of nitrogens with one attached hydrogen (secondary N) is 2. The van der Waals surface area contributed by atoms with Crippen molar-refractivity contribution in [3.63, 3.8) is 0 Å². The minimum atomic E-state index is -0.846. The molecule has 0 aliphatic heterocycles. The summed E-state index contributed by atoms with van der Waals surface area (Å²) >= 11 is 0. The summed E-state index contributed by atoms with van der Waals surface area (Å²) in [4.78, 5) is 34.9. The number of carbonyl (C=O) groups is 3. The molecule has 0 heterocycles. The molecule has 2 rings (SSSR count). The molecule has 24 heavy (non-hydrogen) atoms. The fourth-order valence-electron chi connectivity index (χ4n) is 2.64. The van der Waals surface area contributed by atoms with Crippen molar-refractivity contribution in [2.45, 2.75) is 51.2 Å². The van der Waals surface area contributed by atoms with E-state index in [1.54, 1.807) is 19.1 Å². The fraction of sp³-hybridized carbons (Fsp3) is 0.471. The molecule has 0 unspecified atom stereocenters. The lowest BCUT2D eigenvalue weighted by atomic mass is 9.96. The highest BCUT2D eigenvalue weighted by molar-refractivity contribution is 5.96. The quantitative estimate of drug-likeness (QED) is 0.761. The van der Waals surface area contributed by atoms with E-state index in [9.17, 15) is 14.4 Å². The van der Waals surface area contributed by atoms with Gasteiger partial charge in [-0.2, -0.15) is 0 Å². The largest absolute Gasteiger partial charge is 0.481 e. The van der Waals surface area contributed by atoms with Gasteiger partial charge in [0.2, 0.25) is 5.91 Å². The van der Waals surface area contributed by atoms with Crippen molar-refractivity contribution >= 4 is 17.8 Å². The Morgan fingerprint density at radius 3 is 2.33 bits per heavy atom. The van der Waals surface area contributed by atoms with Gasteiger partial charge in [0.15, 0.2) is 6.10 Å². The number of nitrogens with two attached hydrogens (primary N) is 1. The second-order valence-electron chi connectivity index (χ2n) is 5.95. The van der Waals surface area contributed by atoms with Gasteiger partial charge in [0.25, 0.3) is 5.91 Å². The number of rotatable bonds is 5. The Morgan fingerprint density at radius 2 is 1.75 bits per heavy atom. The lowest BCUT2D eigenvalue weighted by molar-refractivity contribution is -0.126. The summed E-state index contributed by atoms with van der Waals surface area (Å²) in [6, 6.07) is 5.75. The first-order chi connectivity index (χ1) is 11.5. The number of hydrogen-bond acceptors (Lipinski definition) is 4. The molecule has 0 radical (unpaired) electrons. The number of carbonyl (C=O) groups excluding carboxylic acids is 3. The van der Waals surface area contributed by atoms with Crippen LogP contribution in [0.25, 0.3) is 0 Å². The van der Waals surface area contributed by atoms with Gasteiger partial charge in [-0.05, 0) is 44.0 Å². The molecule has 1 aliphatic carbocycles. The Balaban J connectivity index is 1.80. The first-order valence-electron chi connectivity index (χ1n) is 8.13. The number of amides is 4. The maximum atomic E-state index is 12.0. The number of primary amides is 1. The van der Waals surface area contributed by atoms with Crippen molar-refractivity contribution in [1.29, 1.82) is 0 Å². The maximum absolute atomic E-state index is 12.0. The van der Waals surface area contributed by atoms with Crippen molar-refractivity contribution in [2.75, 3.05) is 0 Å². The van der Waals surface area contributed by atoms with Crippen molar-refractivity contribution in [3.05, 3.63) is 29.8 Å². The van der Waals surface area contributed by atoms with E-state index in [-0.39, 0.29) is 6.04 Å². The topological polar surface area (TPSA) is 111 Å². The van der Waals surface area contributed by atoms with Crippen LogP contribution in [0.5, 0.6) is 5.75 Å². The summed E-state index contributed by atoms with van der Waals surface area (Å²) in [5.41, 5.74) is 5.51. The van der Waals surface area contributed by atoms with Gasteiger partial charge in [0, 0.05) is 11.6 Å². The Kier molecular flexibility index (Phi) is 6.17. The summed E-state index contributed by atoms with van der Waals surface area (Å²) in [5, 5.41) is 5.10. The van der Waals surface area contributed by atoms with Crippen LogP contribution in [0.1, 0.15) is 49.4 Å². The third-order valence-corrected chi connectivity index (χ3v) is 4.00. The van der Waals surface area contributed by atoms with E-state index < -0.39 is 23.9 Å². The first kappa shape index (κ1) is 17.8. The van der Waals surface area contributed by atoms with Crippen LogP contribution in [-0.4, -0.2) is 30.0 Å². The molecule has 0 bridgehead atoms. The molecule has 7 heteroatoms. The van der Waals surface area contributed by atoms with Crippen molar-refractivity contribution in [2.24, 2.45) is 5.73 Å². The summed E-state index contributed by atoms with van der Waals surface area (Å²) < 4.78 is 5.46. The predicted octanol–water partition coefficient (Wildman–Crippen LogP) is 1.71. The Hall–Kier alpha value is -2.57. The SMILES string of the molecule is C[C@@H](Oc1ccc(C(N)=O)cc1)C(=O)NC(=O)NC1CCCCC1. The van der Waals surface area contributed by atoms with Crippen LogP contribution >= 0.6 is 0 Å². The smallest absolute Gasteiger partial charge is 0.321 e.